The second-order valence-corrected chi connectivity index (χ2v) is 10.2. The fourth-order valence-corrected chi connectivity index (χ4v) is 5.28. The third-order valence-electron chi connectivity index (χ3n) is 7.74. The largest absolute Gasteiger partial charge is 0.495 e. The first kappa shape index (κ1) is 27.2. The molecule has 40 heavy (non-hydrogen) atoms. The molecule has 0 unspecified atom stereocenters. The van der Waals surface area contributed by atoms with E-state index in [1.165, 1.54) is 19.8 Å². The summed E-state index contributed by atoms with van der Waals surface area (Å²) < 4.78 is 16.2. The number of hydrogen-bond donors (Lipinski definition) is 1. The third-order valence-corrected chi connectivity index (χ3v) is 7.74. The third kappa shape index (κ3) is 6.08. The molecular formula is C29H33N5O6. The van der Waals surface area contributed by atoms with Crippen LogP contribution in [-0.2, 0) is 0 Å². The van der Waals surface area contributed by atoms with E-state index in [9.17, 15) is 14.4 Å². The second kappa shape index (κ2) is 12.2. The number of methoxy groups -OCH3 is 1. The summed E-state index contributed by atoms with van der Waals surface area (Å²) in [6.07, 6.45) is 8.28. The fourth-order valence-electron chi connectivity index (χ4n) is 5.28. The molecule has 0 aliphatic carbocycles. The van der Waals surface area contributed by atoms with E-state index in [2.05, 4.69) is 15.3 Å². The SMILES string of the molecule is COc1cncc(C(=O)N2CCC3(CC2)CCN(C(=O)c2cocn2)CCCOc2ccccc2C(=O)NC3)c1. The topological polar surface area (TPSA) is 127 Å². The summed E-state index contributed by atoms with van der Waals surface area (Å²) in [6.45, 7) is 2.75. The van der Waals surface area contributed by atoms with E-state index in [1.807, 2.05) is 17.0 Å². The number of carbonyl (C=O) groups is 3. The lowest BCUT2D eigenvalue weighted by molar-refractivity contribution is 0.0491. The Morgan fingerprint density at radius 1 is 1.02 bits per heavy atom. The van der Waals surface area contributed by atoms with Crippen LogP contribution >= 0.6 is 0 Å². The Hall–Kier alpha value is -4.41. The van der Waals surface area contributed by atoms with Gasteiger partial charge in [-0.2, -0.15) is 0 Å². The van der Waals surface area contributed by atoms with Gasteiger partial charge in [0, 0.05) is 38.9 Å². The lowest BCUT2D eigenvalue weighted by Gasteiger charge is -2.43. The highest BCUT2D eigenvalue weighted by atomic mass is 16.5. The second-order valence-electron chi connectivity index (χ2n) is 10.2. The lowest BCUT2D eigenvalue weighted by atomic mass is 9.75. The zero-order chi connectivity index (χ0) is 28.0. The van der Waals surface area contributed by atoms with Crippen molar-refractivity contribution in [2.75, 3.05) is 46.4 Å². The van der Waals surface area contributed by atoms with E-state index in [4.69, 9.17) is 13.9 Å². The van der Waals surface area contributed by atoms with Crippen molar-refractivity contribution >= 4 is 17.7 Å². The first-order valence-corrected chi connectivity index (χ1v) is 13.4. The van der Waals surface area contributed by atoms with Gasteiger partial charge in [-0.15, -0.1) is 0 Å². The minimum atomic E-state index is -0.314. The van der Waals surface area contributed by atoms with Gasteiger partial charge in [0.2, 0.25) is 0 Å². The Labute approximate surface area is 232 Å². The van der Waals surface area contributed by atoms with Crippen LogP contribution in [0, 0.1) is 5.41 Å². The van der Waals surface area contributed by atoms with E-state index in [0.717, 1.165) is 0 Å². The van der Waals surface area contributed by atoms with Crippen molar-refractivity contribution in [3.8, 4) is 11.5 Å². The molecule has 2 aliphatic rings. The molecule has 210 valence electrons. The molecular weight excluding hydrogens is 514 g/mol. The minimum absolute atomic E-state index is 0.108. The van der Waals surface area contributed by atoms with Gasteiger partial charge in [0.1, 0.15) is 17.8 Å². The molecule has 1 spiro atoms. The van der Waals surface area contributed by atoms with Crippen LogP contribution in [-0.4, -0.2) is 83.9 Å². The average Bonchev–Trinajstić information content (AvgIpc) is 3.54. The standard InChI is InChI=1S/C29H33N5O6/c1-38-22-15-21(16-30-17-22)27(36)34-12-8-29(9-13-34)7-11-33(28(37)24-18-39-20-32-24)10-4-14-40-25-6-3-2-5-23(25)26(35)31-19-29/h2-3,5-6,15-18,20H,4,7-14,19H2,1H3,(H,31,35). The molecule has 0 radical (unpaired) electrons. The van der Waals surface area contributed by atoms with E-state index >= 15 is 0 Å². The fraction of sp³-hybridized carbons (Fsp3) is 0.414. The molecule has 0 saturated carbocycles. The summed E-state index contributed by atoms with van der Waals surface area (Å²) in [5.41, 5.74) is 0.890. The van der Waals surface area contributed by atoms with E-state index in [0.29, 0.717) is 87.6 Å². The number of likely N-dealkylation sites (tertiary alicyclic amines) is 1. The number of pyridine rings is 1. The van der Waals surface area contributed by atoms with Crippen LogP contribution in [0.4, 0.5) is 0 Å². The van der Waals surface area contributed by atoms with Crippen LogP contribution in [0.3, 0.4) is 0 Å². The highest BCUT2D eigenvalue weighted by molar-refractivity contribution is 5.97. The number of rotatable bonds is 3. The molecule has 5 rings (SSSR count). The van der Waals surface area contributed by atoms with Gasteiger partial charge in [-0.25, -0.2) is 4.98 Å². The minimum Gasteiger partial charge on any atom is -0.495 e. The lowest BCUT2D eigenvalue weighted by Crippen LogP contribution is -2.49. The smallest absolute Gasteiger partial charge is 0.275 e. The molecule has 3 amide bonds. The Morgan fingerprint density at radius 2 is 1.77 bits per heavy atom. The molecule has 11 nitrogen and oxygen atoms in total. The van der Waals surface area contributed by atoms with Gasteiger partial charge in [0.05, 0.1) is 31.0 Å². The monoisotopic (exact) mass is 547 g/mol. The van der Waals surface area contributed by atoms with Crippen LogP contribution < -0.4 is 14.8 Å². The van der Waals surface area contributed by atoms with E-state index in [-0.39, 0.29) is 28.8 Å². The number of amides is 3. The summed E-state index contributed by atoms with van der Waals surface area (Å²) in [4.78, 5) is 51.4. The number of nitrogens with one attached hydrogen (secondary N) is 1. The molecule has 0 atom stereocenters. The Kier molecular flexibility index (Phi) is 8.28. The number of oxazole rings is 1. The van der Waals surface area contributed by atoms with Crippen molar-refractivity contribution in [1.29, 1.82) is 0 Å². The molecule has 2 aromatic heterocycles. The number of benzene rings is 1. The van der Waals surface area contributed by atoms with Crippen LogP contribution in [0.2, 0.25) is 0 Å². The maximum atomic E-state index is 13.2. The molecule has 1 N–H and O–H groups in total. The first-order chi connectivity index (χ1) is 19.5. The number of fused-ring (bicyclic) bond motifs is 1. The molecule has 11 heteroatoms. The molecule has 3 aromatic rings. The summed E-state index contributed by atoms with van der Waals surface area (Å²) >= 11 is 0. The van der Waals surface area contributed by atoms with Gasteiger partial charge in [-0.1, -0.05) is 12.1 Å². The van der Waals surface area contributed by atoms with E-state index < -0.39 is 0 Å². The highest BCUT2D eigenvalue weighted by Crippen LogP contribution is 2.36. The van der Waals surface area contributed by atoms with Gasteiger partial charge < -0.3 is 29.0 Å². The normalized spacial score (nSPS) is 17.9. The number of nitrogens with zero attached hydrogens (tertiary/aromatic N) is 4. The van der Waals surface area contributed by atoms with Crippen molar-refractivity contribution in [1.82, 2.24) is 25.1 Å². The zero-order valence-electron chi connectivity index (χ0n) is 22.5. The molecule has 2 aliphatic heterocycles. The van der Waals surface area contributed by atoms with Crippen LogP contribution in [0.5, 0.6) is 11.5 Å². The maximum Gasteiger partial charge on any atom is 0.275 e. The van der Waals surface area contributed by atoms with Crippen LogP contribution in [0.15, 0.2) is 59.8 Å². The Morgan fingerprint density at radius 3 is 2.50 bits per heavy atom. The van der Waals surface area contributed by atoms with Crippen LogP contribution in [0.25, 0.3) is 0 Å². The first-order valence-electron chi connectivity index (χ1n) is 13.4. The highest BCUT2D eigenvalue weighted by Gasteiger charge is 2.37. The van der Waals surface area contributed by atoms with Crippen LogP contribution in [0.1, 0.15) is 56.9 Å². The van der Waals surface area contributed by atoms with Crippen molar-refractivity contribution in [2.45, 2.75) is 25.7 Å². The maximum absolute atomic E-state index is 13.2. The number of carbonyl (C=O) groups excluding carboxylic acids is 3. The molecule has 1 aromatic carbocycles. The molecule has 1 saturated heterocycles. The van der Waals surface area contributed by atoms with E-state index in [1.54, 1.807) is 35.5 Å². The van der Waals surface area contributed by atoms with Gasteiger partial charge in [-0.3, -0.25) is 19.4 Å². The summed E-state index contributed by atoms with van der Waals surface area (Å²) in [7, 11) is 1.54. The van der Waals surface area contributed by atoms with Gasteiger partial charge in [0.25, 0.3) is 17.7 Å². The van der Waals surface area contributed by atoms with Gasteiger partial charge in [-0.05, 0) is 49.3 Å². The number of hydrogen-bond acceptors (Lipinski definition) is 8. The molecule has 4 heterocycles. The quantitative estimate of drug-likeness (QED) is 0.530. The van der Waals surface area contributed by atoms with Crippen molar-refractivity contribution < 1.29 is 28.3 Å². The Bertz CT molecular complexity index is 1340. The van der Waals surface area contributed by atoms with Crippen molar-refractivity contribution in [3.63, 3.8) is 0 Å². The zero-order valence-corrected chi connectivity index (χ0v) is 22.5. The number of piperidine rings is 1. The van der Waals surface area contributed by atoms with Gasteiger partial charge in [0.15, 0.2) is 12.1 Å². The Balaban J connectivity index is 1.36. The molecule has 0 bridgehead atoms. The number of aromatic nitrogens is 2. The number of ether oxygens (including phenoxy) is 2. The molecule has 1 fully saturated rings. The average molecular weight is 548 g/mol. The predicted octanol–water partition coefficient (Wildman–Crippen LogP) is 3.05. The predicted molar refractivity (Wildman–Crippen MR) is 144 cm³/mol. The summed E-state index contributed by atoms with van der Waals surface area (Å²) in [6, 6.07) is 8.86. The van der Waals surface area contributed by atoms with Crippen molar-refractivity contribution in [2.24, 2.45) is 5.41 Å². The summed E-state index contributed by atoms with van der Waals surface area (Å²) in [5.74, 6) is 0.518. The van der Waals surface area contributed by atoms with Crippen molar-refractivity contribution in [3.05, 3.63) is 72.2 Å². The number of para-hydroxylation sites is 1. The van der Waals surface area contributed by atoms with Gasteiger partial charge >= 0.3 is 0 Å². The summed E-state index contributed by atoms with van der Waals surface area (Å²) in [5, 5.41) is 3.12.